The Morgan fingerprint density at radius 3 is 2.21 bits per heavy atom. The van der Waals surface area contributed by atoms with Crippen molar-refractivity contribution in [1.29, 1.82) is 0 Å². The number of anilines is 1. The molecule has 0 saturated heterocycles. The molecule has 2 aromatic carbocycles. The van der Waals surface area contributed by atoms with Crippen molar-refractivity contribution in [3.63, 3.8) is 0 Å². The van der Waals surface area contributed by atoms with Crippen molar-refractivity contribution >= 4 is 5.69 Å². The second-order valence-corrected chi connectivity index (χ2v) is 6.41. The standard InChI is InChI=1S/C22H26N2/c1-19(20-11-5-2-6-12-20)23-18-17-22(15-9-4-10-16-22)24-21-13-7-3-8-14-21/h2-3,5-16,19,23-24H,4,17-18H2,1H3/t19-/m1/s1. The summed E-state index contributed by atoms with van der Waals surface area (Å²) in [6.07, 6.45) is 11.1. The lowest BCUT2D eigenvalue weighted by atomic mass is 9.89. The largest absolute Gasteiger partial charge is 0.373 e. The van der Waals surface area contributed by atoms with Gasteiger partial charge in [0.2, 0.25) is 0 Å². The first-order valence-electron chi connectivity index (χ1n) is 8.74. The second-order valence-electron chi connectivity index (χ2n) is 6.41. The highest BCUT2D eigenvalue weighted by molar-refractivity contribution is 5.49. The minimum atomic E-state index is -0.108. The van der Waals surface area contributed by atoms with Crippen LogP contribution in [0.25, 0.3) is 0 Å². The van der Waals surface area contributed by atoms with Gasteiger partial charge in [0.25, 0.3) is 0 Å². The van der Waals surface area contributed by atoms with Crippen molar-refractivity contribution in [3.05, 3.63) is 90.5 Å². The monoisotopic (exact) mass is 318 g/mol. The summed E-state index contributed by atoms with van der Waals surface area (Å²) in [6, 6.07) is 21.4. The minimum Gasteiger partial charge on any atom is -0.373 e. The molecule has 0 aliphatic heterocycles. The minimum absolute atomic E-state index is 0.108. The quantitative estimate of drug-likeness (QED) is 0.694. The topological polar surface area (TPSA) is 24.1 Å². The number of hydrogen-bond acceptors (Lipinski definition) is 2. The molecule has 2 N–H and O–H groups in total. The molecule has 1 aliphatic rings. The van der Waals surface area contributed by atoms with E-state index >= 15 is 0 Å². The maximum Gasteiger partial charge on any atom is 0.0752 e. The summed E-state index contributed by atoms with van der Waals surface area (Å²) in [4.78, 5) is 0. The van der Waals surface area contributed by atoms with Crippen molar-refractivity contribution in [2.24, 2.45) is 0 Å². The lowest BCUT2D eigenvalue weighted by molar-refractivity contribution is 0.515. The third-order valence-electron chi connectivity index (χ3n) is 4.54. The Morgan fingerprint density at radius 2 is 1.54 bits per heavy atom. The van der Waals surface area contributed by atoms with Gasteiger partial charge in [0.15, 0.2) is 0 Å². The number of nitrogens with one attached hydrogen (secondary N) is 2. The van der Waals surface area contributed by atoms with E-state index in [1.807, 2.05) is 6.07 Å². The van der Waals surface area contributed by atoms with E-state index < -0.39 is 0 Å². The fraction of sp³-hybridized carbons (Fsp3) is 0.273. The molecule has 0 fully saturated rings. The van der Waals surface area contributed by atoms with Crippen LogP contribution in [0.3, 0.4) is 0 Å². The van der Waals surface area contributed by atoms with Gasteiger partial charge >= 0.3 is 0 Å². The van der Waals surface area contributed by atoms with Gasteiger partial charge < -0.3 is 10.6 Å². The first kappa shape index (κ1) is 16.5. The summed E-state index contributed by atoms with van der Waals surface area (Å²) in [5.41, 5.74) is 2.38. The molecule has 0 unspecified atom stereocenters. The first-order chi connectivity index (χ1) is 11.8. The molecule has 3 rings (SSSR count). The lowest BCUT2D eigenvalue weighted by Crippen LogP contribution is -2.38. The van der Waals surface area contributed by atoms with Crippen LogP contribution >= 0.6 is 0 Å². The molecule has 1 aliphatic carbocycles. The van der Waals surface area contributed by atoms with Crippen LogP contribution in [0.4, 0.5) is 5.69 Å². The van der Waals surface area contributed by atoms with Gasteiger partial charge in [-0.15, -0.1) is 0 Å². The SMILES string of the molecule is C[C@@H](NCCC1(Nc2ccccc2)C=CCC=C1)c1ccccc1. The molecular formula is C22H26N2. The lowest BCUT2D eigenvalue weighted by Gasteiger charge is -2.32. The smallest absolute Gasteiger partial charge is 0.0752 e. The average Bonchev–Trinajstić information content (AvgIpc) is 2.64. The van der Waals surface area contributed by atoms with E-state index in [2.05, 4.69) is 96.5 Å². The molecule has 124 valence electrons. The van der Waals surface area contributed by atoms with E-state index in [9.17, 15) is 0 Å². The van der Waals surface area contributed by atoms with Gasteiger partial charge in [-0.25, -0.2) is 0 Å². The number of allylic oxidation sites excluding steroid dienone is 2. The second kappa shape index (κ2) is 7.98. The molecule has 0 spiro atoms. The summed E-state index contributed by atoms with van der Waals surface area (Å²) >= 11 is 0. The zero-order valence-corrected chi connectivity index (χ0v) is 14.3. The summed E-state index contributed by atoms with van der Waals surface area (Å²) in [5.74, 6) is 0. The Bertz CT molecular complexity index is 662. The van der Waals surface area contributed by atoms with E-state index in [1.165, 1.54) is 5.56 Å². The zero-order valence-electron chi connectivity index (χ0n) is 14.3. The Kier molecular flexibility index (Phi) is 5.50. The van der Waals surface area contributed by atoms with Crippen molar-refractivity contribution in [2.75, 3.05) is 11.9 Å². The number of para-hydroxylation sites is 1. The summed E-state index contributed by atoms with van der Waals surface area (Å²) < 4.78 is 0. The van der Waals surface area contributed by atoms with Crippen molar-refractivity contribution in [3.8, 4) is 0 Å². The third kappa shape index (κ3) is 4.36. The number of hydrogen-bond donors (Lipinski definition) is 2. The van der Waals surface area contributed by atoms with Gasteiger partial charge in [0.05, 0.1) is 5.54 Å². The van der Waals surface area contributed by atoms with Gasteiger partial charge in [-0.2, -0.15) is 0 Å². The Morgan fingerprint density at radius 1 is 0.917 bits per heavy atom. The van der Waals surface area contributed by atoms with Crippen LogP contribution in [0.1, 0.15) is 31.4 Å². The normalized spacial score (nSPS) is 16.7. The van der Waals surface area contributed by atoms with Crippen LogP contribution in [-0.2, 0) is 0 Å². The van der Waals surface area contributed by atoms with Gasteiger partial charge in [-0.05, 0) is 44.0 Å². The predicted molar refractivity (Wildman–Crippen MR) is 103 cm³/mol. The molecule has 0 amide bonds. The third-order valence-corrected chi connectivity index (χ3v) is 4.54. The van der Waals surface area contributed by atoms with Gasteiger partial charge in [0, 0.05) is 11.7 Å². The Labute approximate surface area is 145 Å². The Hall–Kier alpha value is -2.32. The van der Waals surface area contributed by atoms with Crippen molar-refractivity contribution < 1.29 is 0 Å². The summed E-state index contributed by atoms with van der Waals surface area (Å²) in [7, 11) is 0. The zero-order chi connectivity index (χ0) is 16.7. The Balaban J connectivity index is 1.62. The molecule has 2 heteroatoms. The van der Waals surface area contributed by atoms with Crippen LogP contribution < -0.4 is 10.6 Å². The van der Waals surface area contributed by atoms with Crippen molar-refractivity contribution in [1.82, 2.24) is 5.32 Å². The van der Waals surface area contributed by atoms with E-state index in [0.717, 1.165) is 25.1 Å². The molecule has 1 atom stereocenters. The molecule has 2 aromatic rings. The van der Waals surface area contributed by atoms with E-state index in [-0.39, 0.29) is 5.54 Å². The highest BCUT2D eigenvalue weighted by atomic mass is 15.0. The van der Waals surface area contributed by atoms with Crippen molar-refractivity contribution in [2.45, 2.75) is 31.3 Å². The van der Waals surface area contributed by atoms with Crippen LogP contribution in [0.5, 0.6) is 0 Å². The van der Waals surface area contributed by atoms with E-state index in [4.69, 9.17) is 0 Å². The molecule has 2 nitrogen and oxygen atoms in total. The number of rotatable bonds is 7. The molecule has 0 aromatic heterocycles. The fourth-order valence-corrected chi connectivity index (χ4v) is 3.15. The highest BCUT2D eigenvalue weighted by Gasteiger charge is 2.24. The number of benzene rings is 2. The van der Waals surface area contributed by atoms with Crippen LogP contribution in [0, 0.1) is 0 Å². The highest BCUT2D eigenvalue weighted by Crippen LogP contribution is 2.25. The van der Waals surface area contributed by atoms with Crippen LogP contribution in [0.2, 0.25) is 0 Å². The van der Waals surface area contributed by atoms with Crippen LogP contribution in [-0.4, -0.2) is 12.1 Å². The van der Waals surface area contributed by atoms with Gasteiger partial charge in [0.1, 0.15) is 0 Å². The predicted octanol–water partition coefficient (Wildman–Crippen LogP) is 5.09. The molecule has 0 bridgehead atoms. The summed E-state index contributed by atoms with van der Waals surface area (Å²) in [6.45, 7) is 3.17. The van der Waals surface area contributed by atoms with E-state index in [0.29, 0.717) is 6.04 Å². The molecular weight excluding hydrogens is 292 g/mol. The van der Waals surface area contributed by atoms with E-state index in [1.54, 1.807) is 0 Å². The average molecular weight is 318 g/mol. The van der Waals surface area contributed by atoms with Gasteiger partial charge in [-0.1, -0.05) is 72.8 Å². The molecule has 0 heterocycles. The first-order valence-corrected chi connectivity index (χ1v) is 8.74. The van der Waals surface area contributed by atoms with Gasteiger partial charge in [-0.3, -0.25) is 0 Å². The molecule has 24 heavy (non-hydrogen) atoms. The maximum absolute atomic E-state index is 3.69. The summed E-state index contributed by atoms with van der Waals surface area (Å²) in [5, 5.41) is 7.34. The fourth-order valence-electron chi connectivity index (χ4n) is 3.15. The van der Waals surface area contributed by atoms with Crippen LogP contribution in [0.15, 0.2) is 85.0 Å². The molecule has 0 saturated carbocycles. The maximum atomic E-state index is 3.69. The molecule has 0 radical (unpaired) electrons.